The maximum Gasteiger partial charge on any atom is 0.231 e. The van der Waals surface area contributed by atoms with Gasteiger partial charge in [-0.3, -0.25) is 4.79 Å². The van der Waals surface area contributed by atoms with Gasteiger partial charge < -0.3 is 18.8 Å². The molecule has 0 saturated heterocycles. The topological polar surface area (TPSA) is 75.5 Å². The third-order valence-electron chi connectivity index (χ3n) is 6.71. The van der Waals surface area contributed by atoms with E-state index in [0.29, 0.717) is 18.0 Å². The number of benzene rings is 1. The molecule has 7 nitrogen and oxygen atoms in total. The fourth-order valence-electron chi connectivity index (χ4n) is 4.93. The van der Waals surface area contributed by atoms with Crippen molar-refractivity contribution in [1.29, 1.82) is 0 Å². The van der Waals surface area contributed by atoms with Crippen LogP contribution in [0.4, 0.5) is 0 Å². The van der Waals surface area contributed by atoms with E-state index in [9.17, 15) is 4.79 Å². The number of carbonyl (C=O) groups excluding carboxylic acids is 1. The number of Topliss-reactive ketones (excluding diaryl/α,β-unsaturated/α-hetero) is 1. The number of hydrogen-bond donors (Lipinski definition) is 0. The van der Waals surface area contributed by atoms with Crippen LogP contribution < -0.4 is 14.2 Å². The molecule has 0 amide bonds. The SMILES string of the molecule is Cc1cc(C(=O)COc2ncnc3sc4c(c23)CCCC4)c(C)n1Cc1ccc2c(c1)OCO2. The first-order chi connectivity index (χ1) is 16.6. The summed E-state index contributed by atoms with van der Waals surface area (Å²) in [6, 6.07) is 7.89. The standard InChI is InChI=1S/C26H25N3O4S/c1-15-9-19(16(2)29(15)11-17-7-8-21-22(10-17)33-14-32-21)20(30)12-31-25-24-18-5-3-4-6-23(18)34-26(24)28-13-27-25/h7-10,13H,3-6,11-12,14H2,1-2H3. The van der Waals surface area contributed by atoms with Gasteiger partial charge in [-0.2, -0.15) is 0 Å². The van der Waals surface area contributed by atoms with Gasteiger partial charge in [0.05, 0.1) is 5.39 Å². The second-order valence-corrected chi connectivity index (χ2v) is 9.92. The number of carbonyl (C=O) groups is 1. The summed E-state index contributed by atoms with van der Waals surface area (Å²) in [7, 11) is 0. The summed E-state index contributed by atoms with van der Waals surface area (Å²) in [5.74, 6) is 1.99. The van der Waals surface area contributed by atoms with Crippen molar-refractivity contribution in [3.63, 3.8) is 0 Å². The molecular formula is C26H25N3O4S. The van der Waals surface area contributed by atoms with E-state index in [4.69, 9.17) is 14.2 Å². The van der Waals surface area contributed by atoms with Crippen molar-refractivity contribution < 1.29 is 19.0 Å². The van der Waals surface area contributed by atoms with Crippen LogP contribution in [0, 0.1) is 13.8 Å². The third-order valence-corrected chi connectivity index (χ3v) is 7.91. The third kappa shape index (κ3) is 3.62. The van der Waals surface area contributed by atoms with E-state index in [1.807, 2.05) is 38.1 Å². The van der Waals surface area contributed by atoms with Gasteiger partial charge in [0.1, 0.15) is 11.2 Å². The van der Waals surface area contributed by atoms with Gasteiger partial charge in [-0.05, 0) is 68.9 Å². The Hall–Kier alpha value is -3.39. The number of fused-ring (bicyclic) bond motifs is 4. The Morgan fingerprint density at radius 3 is 2.88 bits per heavy atom. The number of aromatic nitrogens is 3. The van der Waals surface area contributed by atoms with Crippen LogP contribution in [-0.4, -0.2) is 33.7 Å². The smallest absolute Gasteiger partial charge is 0.231 e. The molecule has 1 aliphatic carbocycles. The molecule has 0 bridgehead atoms. The largest absolute Gasteiger partial charge is 0.469 e. The molecule has 34 heavy (non-hydrogen) atoms. The number of ketones is 1. The first-order valence-electron chi connectivity index (χ1n) is 11.5. The van der Waals surface area contributed by atoms with Gasteiger partial charge in [0, 0.05) is 28.4 Å². The molecule has 2 aliphatic rings. The van der Waals surface area contributed by atoms with Crippen LogP contribution >= 0.6 is 11.3 Å². The van der Waals surface area contributed by atoms with E-state index in [1.54, 1.807) is 11.3 Å². The zero-order valence-electron chi connectivity index (χ0n) is 19.2. The number of rotatable bonds is 6. The minimum Gasteiger partial charge on any atom is -0.469 e. The normalized spacial score (nSPS) is 14.4. The molecule has 0 spiro atoms. The van der Waals surface area contributed by atoms with Gasteiger partial charge in [0.15, 0.2) is 18.1 Å². The number of thiophene rings is 1. The van der Waals surface area contributed by atoms with E-state index in [0.717, 1.165) is 51.5 Å². The Kier molecular flexibility index (Phi) is 5.25. The van der Waals surface area contributed by atoms with E-state index in [1.165, 1.54) is 29.6 Å². The van der Waals surface area contributed by atoms with Crippen LogP contribution in [0.15, 0.2) is 30.6 Å². The van der Waals surface area contributed by atoms with Gasteiger partial charge in [0.25, 0.3) is 0 Å². The molecule has 4 aromatic rings. The lowest BCUT2D eigenvalue weighted by molar-refractivity contribution is 0.0918. The Labute approximate surface area is 201 Å². The highest BCUT2D eigenvalue weighted by atomic mass is 32.1. The summed E-state index contributed by atoms with van der Waals surface area (Å²) in [5, 5.41) is 0.989. The van der Waals surface area contributed by atoms with Crippen molar-refractivity contribution in [1.82, 2.24) is 14.5 Å². The molecule has 4 heterocycles. The van der Waals surface area contributed by atoms with E-state index >= 15 is 0 Å². The second kappa shape index (κ2) is 8.43. The summed E-state index contributed by atoms with van der Waals surface area (Å²) in [4.78, 5) is 24.3. The number of aryl methyl sites for hydroxylation is 3. The quantitative estimate of drug-likeness (QED) is 0.364. The molecular weight excluding hydrogens is 450 g/mol. The van der Waals surface area contributed by atoms with Crippen molar-refractivity contribution in [2.75, 3.05) is 13.4 Å². The zero-order valence-corrected chi connectivity index (χ0v) is 20.0. The number of ether oxygens (including phenoxy) is 3. The summed E-state index contributed by atoms with van der Waals surface area (Å²) >= 11 is 1.72. The van der Waals surface area contributed by atoms with E-state index in [2.05, 4.69) is 14.5 Å². The Morgan fingerprint density at radius 1 is 1.12 bits per heavy atom. The molecule has 0 saturated carbocycles. The number of nitrogens with zero attached hydrogens (tertiary/aromatic N) is 3. The molecule has 6 rings (SSSR count). The molecule has 0 radical (unpaired) electrons. The first kappa shape index (κ1) is 21.2. The molecule has 0 unspecified atom stereocenters. The number of hydrogen-bond acceptors (Lipinski definition) is 7. The van der Waals surface area contributed by atoms with Crippen LogP contribution in [-0.2, 0) is 19.4 Å². The highest BCUT2D eigenvalue weighted by molar-refractivity contribution is 7.18. The van der Waals surface area contributed by atoms with Gasteiger partial charge in [-0.15, -0.1) is 11.3 Å². The highest BCUT2D eigenvalue weighted by Gasteiger charge is 2.22. The first-order valence-corrected chi connectivity index (χ1v) is 12.4. The van der Waals surface area contributed by atoms with Crippen molar-refractivity contribution in [2.45, 2.75) is 46.1 Å². The van der Waals surface area contributed by atoms with Crippen molar-refractivity contribution in [2.24, 2.45) is 0 Å². The summed E-state index contributed by atoms with van der Waals surface area (Å²) in [5.41, 5.74) is 5.01. The van der Waals surface area contributed by atoms with E-state index < -0.39 is 0 Å². The maximum absolute atomic E-state index is 13.2. The maximum atomic E-state index is 13.2. The van der Waals surface area contributed by atoms with Crippen LogP contribution in [0.1, 0.15) is 50.6 Å². The van der Waals surface area contributed by atoms with Crippen molar-refractivity contribution in [3.05, 3.63) is 63.5 Å². The lowest BCUT2D eigenvalue weighted by Crippen LogP contribution is -2.14. The van der Waals surface area contributed by atoms with Gasteiger partial charge in [0.2, 0.25) is 18.5 Å². The molecule has 8 heteroatoms. The minimum atomic E-state index is -0.0547. The molecule has 0 fully saturated rings. The fraction of sp³-hybridized carbons (Fsp3) is 0.346. The lowest BCUT2D eigenvalue weighted by atomic mass is 9.97. The Morgan fingerprint density at radius 2 is 1.97 bits per heavy atom. The van der Waals surface area contributed by atoms with Crippen LogP contribution in [0.25, 0.3) is 10.2 Å². The Bertz CT molecular complexity index is 1420. The lowest BCUT2D eigenvalue weighted by Gasteiger charge is -2.12. The molecule has 0 atom stereocenters. The molecule has 1 aliphatic heterocycles. The highest BCUT2D eigenvalue weighted by Crippen LogP contribution is 2.39. The minimum absolute atomic E-state index is 0.0505. The van der Waals surface area contributed by atoms with Crippen LogP contribution in [0.3, 0.4) is 0 Å². The van der Waals surface area contributed by atoms with Gasteiger partial charge in [-0.25, -0.2) is 9.97 Å². The zero-order chi connectivity index (χ0) is 23.2. The van der Waals surface area contributed by atoms with Crippen LogP contribution in [0.5, 0.6) is 17.4 Å². The summed E-state index contributed by atoms with van der Waals surface area (Å²) < 4.78 is 19.0. The van der Waals surface area contributed by atoms with E-state index in [-0.39, 0.29) is 19.2 Å². The summed E-state index contributed by atoms with van der Waals surface area (Å²) in [6.45, 7) is 4.85. The molecule has 1 aromatic carbocycles. The predicted molar refractivity (Wildman–Crippen MR) is 129 cm³/mol. The monoisotopic (exact) mass is 475 g/mol. The second-order valence-electron chi connectivity index (χ2n) is 8.84. The van der Waals surface area contributed by atoms with Gasteiger partial charge in [-0.1, -0.05) is 6.07 Å². The molecule has 174 valence electrons. The predicted octanol–water partition coefficient (Wildman–Crippen LogP) is 5.03. The average molecular weight is 476 g/mol. The summed E-state index contributed by atoms with van der Waals surface area (Å²) in [6.07, 6.45) is 6.02. The fourth-order valence-corrected chi connectivity index (χ4v) is 6.15. The van der Waals surface area contributed by atoms with Crippen molar-refractivity contribution in [3.8, 4) is 17.4 Å². The van der Waals surface area contributed by atoms with Gasteiger partial charge >= 0.3 is 0 Å². The van der Waals surface area contributed by atoms with Crippen molar-refractivity contribution >= 4 is 27.3 Å². The molecule has 3 aromatic heterocycles. The average Bonchev–Trinajstić information content (AvgIpc) is 3.54. The molecule has 0 N–H and O–H groups in total. The van der Waals surface area contributed by atoms with Crippen LogP contribution in [0.2, 0.25) is 0 Å². The Balaban J connectivity index is 1.22.